The zero-order valence-electron chi connectivity index (χ0n) is 31.3. The van der Waals surface area contributed by atoms with Crippen molar-refractivity contribution >= 4 is 11.4 Å². The molecule has 266 valence electrons. The van der Waals surface area contributed by atoms with Gasteiger partial charge in [0.25, 0.3) is 0 Å². The summed E-state index contributed by atoms with van der Waals surface area (Å²) < 4.78 is 0. The van der Waals surface area contributed by atoms with Gasteiger partial charge in [0, 0.05) is 28.7 Å². The molecule has 5 saturated carbocycles. The molecular formula is C53H49N. The molecule has 1 heteroatoms. The van der Waals surface area contributed by atoms with E-state index < -0.39 is 0 Å². The van der Waals surface area contributed by atoms with Gasteiger partial charge in [-0.05, 0) is 154 Å². The molecular weight excluding hydrogens is 651 g/mol. The lowest BCUT2D eigenvalue weighted by Crippen LogP contribution is -2.48. The standard InChI is InChI=1S/C53H49N/c1-2-12-37(13-3-1)43-15-5-4-14-38(43)34-54(41-23-25-49-47(32-41)45-17-6-8-18-48(45)52(49)26-10-11-27-52)42-22-24-46-44-16-7-9-19-50(44)53(51(46)33-42)39-21-20-35-28-36(30-39)31-40(53)29-35/h1-9,12-19,22-25,32-33,35-36,39-40H,10-11,20-21,26-31,34H2. The van der Waals surface area contributed by atoms with Crippen molar-refractivity contribution in [3.63, 3.8) is 0 Å². The van der Waals surface area contributed by atoms with E-state index >= 15 is 0 Å². The third kappa shape index (κ3) is 4.33. The second kappa shape index (κ2) is 11.8. The maximum Gasteiger partial charge on any atom is 0.0487 e. The van der Waals surface area contributed by atoms with E-state index in [1.54, 1.807) is 22.3 Å². The van der Waals surface area contributed by atoms with Crippen LogP contribution in [0, 0.1) is 23.7 Å². The first-order valence-electron chi connectivity index (χ1n) is 21.1. The van der Waals surface area contributed by atoms with Gasteiger partial charge in [0.2, 0.25) is 0 Å². The summed E-state index contributed by atoms with van der Waals surface area (Å²) in [7, 11) is 0. The van der Waals surface area contributed by atoms with Crippen LogP contribution in [0.5, 0.6) is 0 Å². The first kappa shape index (κ1) is 31.5. The summed E-state index contributed by atoms with van der Waals surface area (Å²) in [5, 5.41) is 0. The smallest absolute Gasteiger partial charge is 0.0487 e. The Morgan fingerprint density at radius 1 is 0.463 bits per heavy atom. The van der Waals surface area contributed by atoms with Gasteiger partial charge in [-0.25, -0.2) is 0 Å². The van der Waals surface area contributed by atoms with E-state index in [1.807, 2.05) is 0 Å². The Morgan fingerprint density at radius 2 is 1.09 bits per heavy atom. The number of benzene rings is 6. The molecule has 2 spiro atoms. The van der Waals surface area contributed by atoms with Gasteiger partial charge in [-0.3, -0.25) is 0 Å². The number of fused-ring (bicyclic) bond motifs is 9. The first-order chi connectivity index (χ1) is 26.7. The molecule has 0 heterocycles. The van der Waals surface area contributed by atoms with Crippen LogP contribution in [0.1, 0.15) is 92.0 Å². The molecule has 54 heavy (non-hydrogen) atoms. The Labute approximate surface area is 321 Å². The van der Waals surface area contributed by atoms with Crippen LogP contribution in [-0.4, -0.2) is 0 Å². The van der Waals surface area contributed by atoms with Crippen LogP contribution in [0.3, 0.4) is 0 Å². The minimum Gasteiger partial charge on any atom is -0.337 e. The highest BCUT2D eigenvalue weighted by Crippen LogP contribution is 2.68. The second-order valence-electron chi connectivity index (χ2n) is 18.0. The molecule has 0 N–H and O–H groups in total. The van der Waals surface area contributed by atoms with E-state index in [0.717, 1.165) is 30.2 Å². The van der Waals surface area contributed by atoms with Gasteiger partial charge in [-0.1, -0.05) is 135 Å². The molecule has 0 radical (unpaired) electrons. The van der Waals surface area contributed by atoms with Crippen molar-refractivity contribution in [3.8, 4) is 33.4 Å². The Bertz CT molecular complexity index is 2420. The zero-order chi connectivity index (χ0) is 35.4. The minimum absolute atomic E-state index is 0.132. The highest BCUT2D eigenvalue weighted by atomic mass is 15.1. The summed E-state index contributed by atoms with van der Waals surface area (Å²) in [4.78, 5) is 2.67. The van der Waals surface area contributed by atoms with Crippen LogP contribution in [-0.2, 0) is 17.4 Å². The monoisotopic (exact) mass is 699 g/mol. The van der Waals surface area contributed by atoms with Crippen molar-refractivity contribution in [1.82, 2.24) is 0 Å². The van der Waals surface area contributed by atoms with E-state index in [4.69, 9.17) is 0 Å². The molecule has 0 aliphatic heterocycles. The van der Waals surface area contributed by atoms with E-state index in [1.165, 1.54) is 115 Å². The average Bonchev–Trinajstić information content (AvgIpc) is 3.86. The van der Waals surface area contributed by atoms with Crippen molar-refractivity contribution < 1.29 is 0 Å². The zero-order valence-corrected chi connectivity index (χ0v) is 31.3. The molecule has 7 aliphatic carbocycles. The molecule has 5 atom stereocenters. The summed E-state index contributed by atoms with van der Waals surface area (Å²) in [5.41, 5.74) is 19.2. The predicted molar refractivity (Wildman–Crippen MR) is 223 cm³/mol. The highest BCUT2D eigenvalue weighted by Gasteiger charge is 2.59. The van der Waals surface area contributed by atoms with E-state index in [9.17, 15) is 0 Å². The number of hydrogen-bond acceptors (Lipinski definition) is 1. The third-order valence-electron chi connectivity index (χ3n) is 15.6. The molecule has 6 aromatic rings. The van der Waals surface area contributed by atoms with Crippen molar-refractivity contribution in [3.05, 3.63) is 167 Å². The van der Waals surface area contributed by atoms with Crippen molar-refractivity contribution in [2.24, 2.45) is 23.7 Å². The molecule has 6 aromatic carbocycles. The predicted octanol–water partition coefficient (Wildman–Crippen LogP) is 13.6. The van der Waals surface area contributed by atoms with Crippen LogP contribution >= 0.6 is 0 Å². The summed E-state index contributed by atoms with van der Waals surface area (Å²) >= 11 is 0. The van der Waals surface area contributed by atoms with Gasteiger partial charge in [0.15, 0.2) is 0 Å². The van der Waals surface area contributed by atoms with Crippen molar-refractivity contribution in [2.45, 2.75) is 81.6 Å². The quantitative estimate of drug-likeness (QED) is 0.173. The maximum absolute atomic E-state index is 2.70. The molecule has 0 amide bonds. The van der Waals surface area contributed by atoms with Crippen LogP contribution < -0.4 is 4.90 Å². The van der Waals surface area contributed by atoms with Crippen LogP contribution in [0.15, 0.2) is 140 Å². The van der Waals surface area contributed by atoms with E-state index in [-0.39, 0.29) is 10.8 Å². The lowest BCUT2D eigenvalue weighted by molar-refractivity contribution is 0.0618. The second-order valence-corrected chi connectivity index (χ2v) is 18.0. The third-order valence-corrected chi connectivity index (χ3v) is 15.6. The van der Waals surface area contributed by atoms with Crippen LogP contribution in [0.25, 0.3) is 33.4 Å². The minimum atomic E-state index is 0.132. The first-order valence-corrected chi connectivity index (χ1v) is 21.1. The molecule has 13 rings (SSSR count). The highest BCUT2D eigenvalue weighted by molar-refractivity contribution is 5.87. The van der Waals surface area contributed by atoms with Gasteiger partial charge >= 0.3 is 0 Å². The topological polar surface area (TPSA) is 3.24 Å². The Balaban J connectivity index is 1.06. The van der Waals surface area contributed by atoms with Gasteiger partial charge in [-0.15, -0.1) is 0 Å². The molecule has 0 saturated heterocycles. The van der Waals surface area contributed by atoms with E-state index in [0.29, 0.717) is 0 Å². The fourth-order valence-electron chi connectivity index (χ4n) is 13.6. The van der Waals surface area contributed by atoms with E-state index in [2.05, 4.69) is 144 Å². The van der Waals surface area contributed by atoms with Crippen LogP contribution in [0.2, 0.25) is 0 Å². The Kier molecular flexibility index (Phi) is 6.88. The van der Waals surface area contributed by atoms with Crippen molar-refractivity contribution in [2.75, 3.05) is 4.90 Å². The summed E-state index contributed by atoms with van der Waals surface area (Å²) in [6.45, 7) is 0.812. The maximum atomic E-state index is 2.70. The molecule has 0 aromatic heterocycles. The fraction of sp³-hybridized carbons (Fsp3) is 0.321. The van der Waals surface area contributed by atoms with Gasteiger partial charge in [-0.2, -0.15) is 0 Å². The van der Waals surface area contributed by atoms with Gasteiger partial charge in [0.05, 0.1) is 0 Å². The Morgan fingerprint density at radius 3 is 1.94 bits per heavy atom. The number of rotatable bonds is 5. The SMILES string of the molecule is c1ccc(-c2ccccc2CN(c2ccc3c(c2)-c2ccccc2C32CCCC2)c2ccc3c(c2)C2(c4ccccc4-3)C3CCC4CC(C3)CC2C4)cc1. The molecule has 5 unspecified atom stereocenters. The molecule has 7 aliphatic rings. The lowest BCUT2D eigenvalue weighted by Gasteiger charge is -2.53. The lowest BCUT2D eigenvalue weighted by atomic mass is 9.51. The van der Waals surface area contributed by atoms with Crippen LogP contribution in [0.4, 0.5) is 11.4 Å². The largest absolute Gasteiger partial charge is 0.337 e. The fourth-order valence-corrected chi connectivity index (χ4v) is 13.6. The molecule has 1 nitrogen and oxygen atoms in total. The van der Waals surface area contributed by atoms with Crippen molar-refractivity contribution in [1.29, 1.82) is 0 Å². The Hall–Kier alpha value is -4.88. The number of nitrogens with zero attached hydrogens (tertiary/aromatic N) is 1. The van der Waals surface area contributed by atoms with Gasteiger partial charge in [0.1, 0.15) is 0 Å². The molecule has 4 bridgehead atoms. The summed E-state index contributed by atoms with van der Waals surface area (Å²) in [6.07, 6.45) is 13.7. The molecule has 5 fully saturated rings. The van der Waals surface area contributed by atoms with Gasteiger partial charge < -0.3 is 4.90 Å². The number of anilines is 2. The average molecular weight is 700 g/mol. The summed E-state index contributed by atoms with van der Waals surface area (Å²) in [6, 6.07) is 54.3. The normalized spacial score (nSPS) is 26.1. The summed E-state index contributed by atoms with van der Waals surface area (Å²) in [5.74, 6) is 3.32. The number of hydrogen-bond donors (Lipinski definition) is 0.